The average molecular weight is 427 g/mol. The first kappa shape index (κ1) is 20.2. The molecule has 0 atom stereocenters. The van der Waals surface area contributed by atoms with Crippen LogP contribution in [0.3, 0.4) is 0 Å². The molecule has 5 rings (SSSR count). The second-order valence-corrected chi connectivity index (χ2v) is 9.90. The second kappa shape index (κ2) is 8.40. The molecule has 2 aliphatic heterocycles. The van der Waals surface area contributed by atoms with Gasteiger partial charge in [-0.15, -0.1) is 0 Å². The van der Waals surface area contributed by atoms with E-state index in [1.165, 1.54) is 19.3 Å². The maximum absolute atomic E-state index is 12.1. The van der Waals surface area contributed by atoms with Crippen molar-refractivity contribution < 1.29 is 9.47 Å². The van der Waals surface area contributed by atoms with E-state index in [0.717, 1.165) is 71.5 Å². The Balaban J connectivity index is 1.31. The number of hydrogen-bond donors (Lipinski definition) is 1. The topological polar surface area (TPSA) is 54.6 Å². The molecule has 0 amide bonds. The number of ether oxygens (including phenoxy) is 2. The zero-order chi connectivity index (χ0) is 20.6. The van der Waals surface area contributed by atoms with Gasteiger partial charge in [0, 0.05) is 55.0 Å². The molecule has 1 saturated carbocycles. The van der Waals surface area contributed by atoms with E-state index >= 15 is 0 Å². The average Bonchev–Trinajstić information content (AvgIpc) is 2.73. The molecule has 1 aromatic heterocycles. The van der Waals surface area contributed by atoms with Crippen LogP contribution in [0.1, 0.15) is 50.2 Å². The van der Waals surface area contributed by atoms with E-state index in [4.69, 9.17) is 9.47 Å². The van der Waals surface area contributed by atoms with Crippen LogP contribution in [0.5, 0.6) is 5.75 Å². The summed E-state index contributed by atoms with van der Waals surface area (Å²) in [5.74, 6) is 2.21. The first-order chi connectivity index (χ1) is 14.7. The van der Waals surface area contributed by atoms with Gasteiger partial charge in [0.1, 0.15) is 5.75 Å². The maximum Gasteiger partial charge on any atom is 0.252 e. The van der Waals surface area contributed by atoms with Crippen LogP contribution in [0.25, 0.3) is 11.1 Å². The molecule has 5 nitrogen and oxygen atoms in total. The highest BCUT2D eigenvalue weighted by atomic mass is 32.2. The van der Waals surface area contributed by atoms with Crippen LogP contribution < -0.4 is 10.3 Å². The fourth-order valence-electron chi connectivity index (χ4n) is 4.66. The van der Waals surface area contributed by atoms with Crippen LogP contribution in [0.4, 0.5) is 0 Å². The SMILES string of the molecule is CCSCc1cc(-c2ccc3c(c2)COC2(CCN(C4CCC4)CC2)O3)c[nH]c1=O. The van der Waals surface area contributed by atoms with E-state index < -0.39 is 5.79 Å². The third-order valence-electron chi connectivity index (χ3n) is 6.77. The molecule has 1 spiro atoms. The van der Waals surface area contributed by atoms with Crippen LogP contribution >= 0.6 is 11.8 Å². The predicted octanol–water partition coefficient (Wildman–Crippen LogP) is 4.55. The lowest BCUT2D eigenvalue weighted by atomic mass is 9.89. The summed E-state index contributed by atoms with van der Waals surface area (Å²) in [6.45, 7) is 4.81. The molecule has 6 heteroatoms. The normalized spacial score (nSPS) is 21.1. The third kappa shape index (κ3) is 3.93. The van der Waals surface area contributed by atoms with Crippen LogP contribution in [0.2, 0.25) is 0 Å². The minimum Gasteiger partial charge on any atom is -0.462 e. The summed E-state index contributed by atoms with van der Waals surface area (Å²) in [6, 6.07) is 9.09. The van der Waals surface area contributed by atoms with Crippen molar-refractivity contribution in [3.63, 3.8) is 0 Å². The van der Waals surface area contributed by atoms with Gasteiger partial charge in [0.15, 0.2) is 0 Å². The number of thioether (sulfide) groups is 1. The molecule has 0 bridgehead atoms. The molecule has 0 radical (unpaired) electrons. The summed E-state index contributed by atoms with van der Waals surface area (Å²) in [6.07, 6.45) is 7.75. The Labute approximate surface area is 182 Å². The number of piperidine rings is 1. The number of H-pyrrole nitrogens is 1. The number of rotatable bonds is 5. The summed E-state index contributed by atoms with van der Waals surface area (Å²) >= 11 is 1.76. The standard InChI is InChI=1S/C24H30N2O3S/c1-2-30-16-20-13-18(14-25-23(20)27)17-6-7-22-19(12-17)15-28-24(29-22)8-10-26(11-9-24)21-4-3-5-21/h6-7,12-14,21H,2-5,8-11,15-16H2,1H3,(H,25,27). The van der Waals surface area contributed by atoms with Crippen molar-refractivity contribution in [2.24, 2.45) is 0 Å². The van der Waals surface area contributed by atoms with Crippen molar-refractivity contribution in [1.29, 1.82) is 0 Å². The van der Waals surface area contributed by atoms with Crippen molar-refractivity contribution in [3.05, 3.63) is 51.9 Å². The van der Waals surface area contributed by atoms with E-state index in [1.807, 2.05) is 6.07 Å². The summed E-state index contributed by atoms with van der Waals surface area (Å²) in [4.78, 5) is 17.6. The van der Waals surface area contributed by atoms with Crippen molar-refractivity contribution in [3.8, 4) is 16.9 Å². The number of likely N-dealkylation sites (tertiary alicyclic amines) is 1. The molecule has 2 fully saturated rings. The van der Waals surface area contributed by atoms with Gasteiger partial charge in [0.25, 0.3) is 5.56 Å². The highest BCUT2D eigenvalue weighted by Crippen LogP contribution is 2.40. The molecule has 1 saturated heterocycles. The monoisotopic (exact) mass is 426 g/mol. The Morgan fingerprint density at radius 3 is 2.77 bits per heavy atom. The van der Waals surface area contributed by atoms with Crippen molar-refractivity contribution in [2.45, 2.75) is 63.2 Å². The van der Waals surface area contributed by atoms with Gasteiger partial charge in [-0.3, -0.25) is 9.69 Å². The lowest BCUT2D eigenvalue weighted by Gasteiger charge is -2.47. The van der Waals surface area contributed by atoms with Gasteiger partial charge in [-0.05, 0) is 47.9 Å². The molecule has 160 valence electrons. The van der Waals surface area contributed by atoms with Crippen molar-refractivity contribution in [2.75, 3.05) is 18.8 Å². The zero-order valence-electron chi connectivity index (χ0n) is 17.6. The summed E-state index contributed by atoms with van der Waals surface area (Å²) in [5.41, 5.74) is 4.00. The van der Waals surface area contributed by atoms with E-state index in [0.29, 0.717) is 6.61 Å². The Bertz CT molecular complexity index is 961. The van der Waals surface area contributed by atoms with Crippen molar-refractivity contribution >= 4 is 11.8 Å². The van der Waals surface area contributed by atoms with Gasteiger partial charge >= 0.3 is 0 Å². The fourth-order valence-corrected chi connectivity index (χ4v) is 5.29. The Morgan fingerprint density at radius 2 is 2.03 bits per heavy atom. The lowest BCUT2D eigenvalue weighted by Crippen LogP contribution is -2.54. The fraction of sp³-hybridized carbons (Fsp3) is 0.542. The van der Waals surface area contributed by atoms with E-state index in [9.17, 15) is 4.79 Å². The van der Waals surface area contributed by atoms with Crippen molar-refractivity contribution in [1.82, 2.24) is 9.88 Å². The van der Waals surface area contributed by atoms with Gasteiger partial charge in [0.2, 0.25) is 5.79 Å². The first-order valence-electron chi connectivity index (χ1n) is 11.2. The van der Waals surface area contributed by atoms with Gasteiger partial charge < -0.3 is 14.5 Å². The minimum atomic E-state index is -0.461. The van der Waals surface area contributed by atoms with Crippen LogP contribution in [0, 0.1) is 0 Å². The second-order valence-electron chi connectivity index (χ2n) is 8.62. The molecule has 3 aliphatic rings. The molecular formula is C24H30N2O3S. The highest BCUT2D eigenvalue weighted by molar-refractivity contribution is 7.98. The maximum atomic E-state index is 12.1. The van der Waals surface area contributed by atoms with Crippen LogP contribution in [-0.4, -0.2) is 40.6 Å². The highest BCUT2D eigenvalue weighted by Gasteiger charge is 2.42. The molecule has 1 aromatic carbocycles. The van der Waals surface area contributed by atoms with Gasteiger partial charge in [-0.25, -0.2) is 0 Å². The molecule has 2 aromatic rings. The number of pyridine rings is 1. The van der Waals surface area contributed by atoms with E-state index in [2.05, 4.69) is 35.0 Å². The van der Waals surface area contributed by atoms with E-state index in [1.54, 1.807) is 18.0 Å². The zero-order valence-corrected chi connectivity index (χ0v) is 18.4. The number of aromatic nitrogens is 1. The number of aromatic amines is 1. The number of benzene rings is 1. The molecular weight excluding hydrogens is 396 g/mol. The van der Waals surface area contributed by atoms with Gasteiger partial charge in [0.05, 0.1) is 6.61 Å². The van der Waals surface area contributed by atoms with Gasteiger partial charge in [-0.1, -0.05) is 19.4 Å². The van der Waals surface area contributed by atoms with Gasteiger partial charge in [-0.2, -0.15) is 11.8 Å². The molecule has 30 heavy (non-hydrogen) atoms. The number of hydrogen-bond acceptors (Lipinski definition) is 5. The minimum absolute atomic E-state index is 0.000452. The third-order valence-corrected chi connectivity index (χ3v) is 7.70. The molecule has 1 aliphatic carbocycles. The van der Waals surface area contributed by atoms with Crippen LogP contribution in [0.15, 0.2) is 35.3 Å². The molecule has 3 heterocycles. The molecule has 1 N–H and O–H groups in total. The summed E-state index contributed by atoms with van der Waals surface area (Å²) in [7, 11) is 0. The molecule has 0 unspecified atom stereocenters. The van der Waals surface area contributed by atoms with Crippen LogP contribution in [-0.2, 0) is 17.1 Å². The smallest absolute Gasteiger partial charge is 0.252 e. The summed E-state index contributed by atoms with van der Waals surface area (Å²) in [5, 5.41) is 0. The number of fused-ring (bicyclic) bond motifs is 1. The number of nitrogens with one attached hydrogen (secondary N) is 1. The quantitative estimate of drug-likeness (QED) is 0.760. The predicted molar refractivity (Wildman–Crippen MR) is 121 cm³/mol. The number of nitrogens with zero attached hydrogens (tertiary/aromatic N) is 1. The van der Waals surface area contributed by atoms with E-state index in [-0.39, 0.29) is 5.56 Å². The first-order valence-corrected chi connectivity index (χ1v) is 12.3. The summed E-state index contributed by atoms with van der Waals surface area (Å²) < 4.78 is 12.7. The Kier molecular flexibility index (Phi) is 5.65. The Morgan fingerprint density at radius 1 is 1.20 bits per heavy atom. The largest absolute Gasteiger partial charge is 0.462 e. The Hall–Kier alpha value is -1.76. The lowest BCUT2D eigenvalue weighted by molar-refractivity contribution is -0.231.